The zero-order valence-corrected chi connectivity index (χ0v) is 16.9. The third kappa shape index (κ3) is 3.70. The summed E-state index contributed by atoms with van der Waals surface area (Å²) in [5, 5.41) is 0. The molecule has 0 saturated carbocycles. The van der Waals surface area contributed by atoms with E-state index >= 15 is 0 Å². The fourth-order valence-electron chi connectivity index (χ4n) is 3.12. The Morgan fingerprint density at radius 1 is 1.23 bits per heavy atom. The zero-order valence-electron chi connectivity index (χ0n) is 15.2. The second kappa shape index (κ2) is 7.50. The number of amides is 1. The molecule has 3 rings (SSSR count). The SMILES string of the molecule is CCc1ccc(S(=O)(=O)N[C@@H](C(=O)N2CCc3ccccc32)C(C)C)s1. The van der Waals surface area contributed by atoms with E-state index in [1.165, 1.54) is 11.3 Å². The van der Waals surface area contributed by atoms with Gasteiger partial charge in [-0.05, 0) is 42.5 Å². The average Bonchev–Trinajstić information content (AvgIpc) is 3.26. The largest absolute Gasteiger partial charge is 0.310 e. The number of para-hydroxylation sites is 1. The van der Waals surface area contributed by atoms with Gasteiger partial charge in [-0.15, -0.1) is 11.3 Å². The van der Waals surface area contributed by atoms with Crippen molar-refractivity contribution in [3.63, 3.8) is 0 Å². The van der Waals surface area contributed by atoms with Crippen molar-refractivity contribution in [2.24, 2.45) is 5.92 Å². The van der Waals surface area contributed by atoms with Crippen LogP contribution in [0.4, 0.5) is 5.69 Å². The Kier molecular flexibility index (Phi) is 5.50. The lowest BCUT2D eigenvalue weighted by Crippen LogP contribution is -2.50. The number of hydrogen-bond acceptors (Lipinski definition) is 4. The van der Waals surface area contributed by atoms with Crippen molar-refractivity contribution in [1.82, 2.24) is 4.72 Å². The van der Waals surface area contributed by atoms with Crippen LogP contribution in [-0.4, -0.2) is 26.9 Å². The van der Waals surface area contributed by atoms with Crippen molar-refractivity contribution in [3.05, 3.63) is 46.8 Å². The van der Waals surface area contributed by atoms with Gasteiger partial charge in [0.25, 0.3) is 10.0 Å². The number of benzene rings is 1. The Hall–Kier alpha value is -1.70. The molecule has 7 heteroatoms. The molecule has 2 heterocycles. The molecule has 0 saturated heterocycles. The number of hydrogen-bond donors (Lipinski definition) is 1. The number of carbonyl (C=O) groups excluding carboxylic acids is 1. The van der Waals surface area contributed by atoms with Gasteiger partial charge in [0.2, 0.25) is 5.91 Å². The summed E-state index contributed by atoms with van der Waals surface area (Å²) in [6.45, 7) is 6.29. The molecule has 1 aromatic heterocycles. The Labute approximate surface area is 159 Å². The van der Waals surface area contributed by atoms with Crippen LogP contribution in [0.3, 0.4) is 0 Å². The summed E-state index contributed by atoms with van der Waals surface area (Å²) in [6, 6.07) is 10.4. The molecule has 0 spiro atoms. The first-order chi connectivity index (χ1) is 12.3. The van der Waals surface area contributed by atoms with Crippen LogP contribution in [0.25, 0.3) is 0 Å². The van der Waals surface area contributed by atoms with E-state index in [1.807, 2.05) is 51.1 Å². The second-order valence-corrected chi connectivity index (χ2v) is 9.90. The molecule has 1 aliphatic rings. The number of rotatable bonds is 6. The van der Waals surface area contributed by atoms with Crippen LogP contribution in [-0.2, 0) is 27.7 Å². The van der Waals surface area contributed by atoms with Gasteiger partial charge in [0.1, 0.15) is 10.3 Å². The highest BCUT2D eigenvalue weighted by Gasteiger charge is 2.35. The summed E-state index contributed by atoms with van der Waals surface area (Å²) in [7, 11) is -3.72. The van der Waals surface area contributed by atoms with E-state index in [-0.39, 0.29) is 16.0 Å². The highest BCUT2D eigenvalue weighted by molar-refractivity contribution is 7.91. The lowest BCUT2D eigenvalue weighted by molar-refractivity contribution is -0.121. The van der Waals surface area contributed by atoms with Crippen LogP contribution in [0.2, 0.25) is 0 Å². The number of nitrogens with one attached hydrogen (secondary N) is 1. The van der Waals surface area contributed by atoms with Gasteiger partial charge in [-0.2, -0.15) is 4.72 Å². The van der Waals surface area contributed by atoms with Crippen LogP contribution in [0.5, 0.6) is 0 Å². The maximum Gasteiger partial charge on any atom is 0.250 e. The Balaban J connectivity index is 1.85. The van der Waals surface area contributed by atoms with Crippen molar-refractivity contribution in [2.45, 2.75) is 43.9 Å². The van der Waals surface area contributed by atoms with Crippen LogP contribution in [0.15, 0.2) is 40.6 Å². The molecular weight excluding hydrogens is 368 g/mol. The molecular formula is C19H24N2O3S2. The molecule has 1 aliphatic heterocycles. The van der Waals surface area contributed by atoms with Crippen LogP contribution < -0.4 is 9.62 Å². The number of aryl methyl sites for hydroxylation is 1. The van der Waals surface area contributed by atoms with E-state index in [2.05, 4.69) is 4.72 Å². The topological polar surface area (TPSA) is 66.5 Å². The van der Waals surface area contributed by atoms with Gasteiger partial charge >= 0.3 is 0 Å². The number of fused-ring (bicyclic) bond motifs is 1. The van der Waals surface area contributed by atoms with E-state index in [0.29, 0.717) is 6.54 Å². The Bertz CT molecular complexity index is 903. The second-order valence-electron chi connectivity index (χ2n) is 6.79. The standard InChI is InChI=1S/C19H24N2O3S2/c1-4-15-9-10-17(25-15)26(23,24)20-18(13(2)3)19(22)21-12-11-14-7-5-6-8-16(14)21/h5-10,13,18,20H,4,11-12H2,1-3H3/t18-/m1/s1. The predicted octanol–water partition coefficient (Wildman–Crippen LogP) is 3.20. The third-order valence-electron chi connectivity index (χ3n) is 4.62. The van der Waals surface area contributed by atoms with Gasteiger partial charge in [0, 0.05) is 17.1 Å². The zero-order chi connectivity index (χ0) is 18.9. The number of anilines is 1. The average molecular weight is 393 g/mol. The number of carbonyl (C=O) groups is 1. The van der Waals surface area contributed by atoms with Gasteiger partial charge in [-0.25, -0.2) is 8.42 Å². The smallest absolute Gasteiger partial charge is 0.250 e. The summed E-state index contributed by atoms with van der Waals surface area (Å²) in [5.74, 6) is -0.351. The van der Waals surface area contributed by atoms with Gasteiger partial charge in [-0.3, -0.25) is 4.79 Å². The minimum atomic E-state index is -3.72. The quantitative estimate of drug-likeness (QED) is 0.821. The lowest BCUT2D eigenvalue weighted by atomic mass is 10.0. The summed E-state index contributed by atoms with van der Waals surface area (Å²) < 4.78 is 28.4. The maximum absolute atomic E-state index is 13.1. The van der Waals surface area contributed by atoms with Crippen molar-refractivity contribution < 1.29 is 13.2 Å². The van der Waals surface area contributed by atoms with Crippen molar-refractivity contribution in [2.75, 3.05) is 11.4 Å². The highest BCUT2D eigenvalue weighted by Crippen LogP contribution is 2.29. The van der Waals surface area contributed by atoms with Crippen molar-refractivity contribution >= 4 is 33.0 Å². The van der Waals surface area contributed by atoms with Gasteiger partial charge in [-0.1, -0.05) is 39.0 Å². The van der Waals surface area contributed by atoms with E-state index in [0.717, 1.165) is 29.0 Å². The first-order valence-electron chi connectivity index (χ1n) is 8.84. The predicted molar refractivity (Wildman–Crippen MR) is 105 cm³/mol. The molecule has 140 valence electrons. The molecule has 1 N–H and O–H groups in total. The molecule has 26 heavy (non-hydrogen) atoms. The molecule has 1 aromatic carbocycles. The summed E-state index contributed by atoms with van der Waals surface area (Å²) in [4.78, 5) is 15.8. The van der Waals surface area contributed by atoms with E-state index in [4.69, 9.17) is 0 Å². The molecule has 0 unspecified atom stereocenters. The van der Waals surface area contributed by atoms with Crippen LogP contribution in [0.1, 0.15) is 31.2 Å². The highest BCUT2D eigenvalue weighted by atomic mass is 32.2. The third-order valence-corrected chi connectivity index (χ3v) is 7.78. The van der Waals surface area contributed by atoms with Crippen LogP contribution >= 0.6 is 11.3 Å². The summed E-state index contributed by atoms with van der Waals surface area (Å²) in [5.41, 5.74) is 2.00. The van der Waals surface area contributed by atoms with Crippen LogP contribution in [0, 0.1) is 5.92 Å². The fraction of sp³-hybridized carbons (Fsp3) is 0.421. The number of sulfonamides is 1. The first kappa shape index (κ1) is 19.1. The van der Waals surface area contributed by atoms with Crippen molar-refractivity contribution in [3.8, 4) is 0 Å². The van der Waals surface area contributed by atoms with Crippen molar-refractivity contribution in [1.29, 1.82) is 0 Å². The Morgan fingerprint density at radius 2 is 1.96 bits per heavy atom. The molecule has 1 amide bonds. The minimum Gasteiger partial charge on any atom is -0.310 e. The molecule has 2 aromatic rings. The monoisotopic (exact) mass is 392 g/mol. The van der Waals surface area contributed by atoms with Gasteiger partial charge < -0.3 is 4.90 Å². The molecule has 0 bridgehead atoms. The molecule has 1 atom stereocenters. The maximum atomic E-state index is 13.1. The number of thiophene rings is 1. The summed E-state index contributed by atoms with van der Waals surface area (Å²) in [6.07, 6.45) is 1.58. The van der Waals surface area contributed by atoms with Gasteiger partial charge in [0.05, 0.1) is 0 Å². The number of nitrogens with zero attached hydrogens (tertiary/aromatic N) is 1. The molecule has 0 fully saturated rings. The summed E-state index contributed by atoms with van der Waals surface area (Å²) >= 11 is 1.25. The van der Waals surface area contributed by atoms with E-state index < -0.39 is 16.1 Å². The fourth-order valence-corrected chi connectivity index (χ4v) is 5.77. The molecule has 5 nitrogen and oxygen atoms in total. The first-order valence-corrected chi connectivity index (χ1v) is 11.1. The molecule has 0 radical (unpaired) electrons. The lowest BCUT2D eigenvalue weighted by Gasteiger charge is -2.27. The normalized spacial score (nSPS) is 15.3. The Morgan fingerprint density at radius 3 is 2.62 bits per heavy atom. The minimum absolute atomic E-state index is 0.157. The van der Waals surface area contributed by atoms with E-state index in [1.54, 1.807) is 11.0 Å². The van der Waals surface area contributed by atoms with Gasteiger partial charge in [0.15, 0.2) is 0 Å². The molecule has 0 aliphatic carbocycles. The van der Waals surface area contributed by atoms with E-state index in [9.17, 15) is 13.2 Å².